The summed E-state index contributed by atoms with van der Waals surface area (Å²) in [6.45, 7) is 0.887. The molecule has 0 unspecified atom stereocenters. The molecule has 242 valence electrons. The predicted molar refractivity (Wildman–Crippen MR) is 172 cm³/mol. The molecule has 2 aliphatic rings. The first-order valence-corrected chi connectivity index (χ1v) is 15.5. The number of primary amides is 1. The maximum atomic E-state index is 13.8. The number of halogens is 1. The van der Waals surface area contributed by atoms with Crippen LogP contribution in [0.25, 0.3) is 16.9 Å². The number of nitrogens with one attached hydrogen (secondary N) is 1. The number of aliphatic hydroxyl groups excluding tert-OH is 2. The van der Waals surface area contributed by atoms with Crippen molar-refractivity contribution in [3.63, 3.8) is 0 Å². The molecule has 3 atom stereocenters. The van der Waals surface area contributed by atoms with Crippen LogP contribution in [0.15, 0.2) is 60.2 Å². The van der Waals surface area contributed by atoms with Gasteiger partial charge in [-0.05, 0) is 90.7 Å². The van der Waals surface area contributed by atoms with Crippen molar-refractivity contribution in [1.82, 2.24) is 5.32 Å². The molecular formula is C35H37ClN2O8. The van der Waals surface area contributed by atoms with Crippen molar-refractivity contribution in [1.29, 1.82) is 0 Å². The molecule has 0 heterocycles. The number of phenolic OH excluding ortho intramolecular Hbond substituents is 1. The Kier molecular flexibility index (Phi) is 9.83. The summed E-state index contributed by atoms with van der Waals surface area (Å²) >= 11 is 5.98. The van der Waals surface area contributed by atoms with Gasteiger partial charge in [-0.1, -0.05) is 35.9 Å². The van der Waals surface area contributed by atoms with Gasteiger partial charge in [0.1, 0.15) is 17.3 Å². The largest absolute Gasteiger partial charge is 0.507 e. The van der Waals surface area contributed by atoms with Gasteiger partial charge in [0, 0.05) is 35.2 Å². The number of hydrogen-bond donors (Lipinski definition) is 6. The lowest BCUT2D eigenvalue weighted by Crippen LogP contribution is -2.59. The van der Waals surface area contributed by atoms with E-state index in [0.717, 1.165) is 24.1 Å². The Morgan fingerprint density at radius 1 is 1.07 bits per heavy atom. The minimum Gasteiger partial charge on any atom is -0.507 e. The number of aromatic hydroxyl groups is 1. The monoisotopic (exact) mass is 648 g/mol. The number of amides is 1. The lowest BCUT2D eigenvalue weighted by atomic mass is 9.61. The van der Waals surface area contributed by atoms with Crippen LogP contribution in [-0.4, -0.2) is 63.8 Å². The Morgan fingerprint density at radius 3 is 2.46 bits per heavy atom. The van der Waals surface area contributed by atoms with Gasteiger partial charge in [-0.3, -0.25) is 14.4 Å². The molecule has 5 rings (SSSR count). The molecule has 0 bridgehead atoms. The number of phenols is 1. The fourth-order valence-corrected chi connectivity index (χ4v) is 6.89. The number of carbonyl (C=O) groups excluding carboxylic acids is 3. The molecular weight excluding hydrogens is 612 g/mol. The average Bonchev–Trinajstić information content (AvgIpc) is 3.02. The lowest BCUT2D eigenvalue weighted by molar-refractivity contribution is -0.159. The van der Waals surface area contributed by atoms with Crippen LogP contribution in [0.4, 0.5) is 0 Å². The van der Waals surface area contributed by atoms with Gasteiger partial charge in [0.05, 0.1) is 19.1 Å². The van der Waals surface area contributed by atoms with Gasteiger partial charge in [-0.15, -0.1) is 0 Å². The number of fused-ring (bicyclic) bond motifs is 2. The molecule has 3 aromatic rings. The van der Waals surface area contributed by atoms with Crippen LogP contribution in [0.1, 0.15) is 41.5 Å². The second-order valence-electron chi connectivity index (χ2n) is 11.8. The summed E-state index contributed by atoms with van der Waals surface area (Å²) in [7, 11) is 1.55. The van der Waals surface area contributed by atoms with Gasteiger partial charge in [0.2, 0.25) is 11.7 Å². The summed E-state index contributed by atoms with van der Waals surface area (Å²) in [5, 5.41) is 47.8. The van der Waals surface area contributed by atoms with Gasteiger partial charge in [-0.25, -0.2) is 0 Å². The number of ether oxygens (including phenoxy) is 1. The van der Waals surface area contributed by atoms with E-state index in [9.17, 15) is 34.8 Å². The molecule has 7 N–H and O–H groups in total. The van der Waals surface area contributed by atoms with Gasteiger partial charge in [0.15, 0.2) is 11.4 Å². The van der Waals surface area contributed by atoms with Crippen LogP contribution in [-0.2, 0) is 33.8 Å². The van der Waals surface area contributed by atoms with E-state index in [0.29, 0.717) is 34.0 Å². The Hall–Kier alpha value is -4.22. The van der Waals surface area contributed by atoms with Crippen LogP contribution in [0, 0.1) is 11.8 Å². The first-order valence-electron chi connectivity index (χ1n) is 15.1. The Morgan fingerprint density at radius 2 is 1.78 bits per heavy atom. The SMILES string of the molecule is COc1ccc(CNCCc2ccc(Cl)cc2)cc1-c1ccc(O)c2c1C[C@H]1C[C@@H](CCO)[C@@](O)(C(=O)CC(N)=O)C(=O)C1=C2O. The van der Waals surface area contributed by atoms with Gasteiger partial charge in [-0.2, -0.15) is 0 Å². The molecule has 1 amide bonds. The van der Waals surface area contributed by atoms with E-state index in [2.05, 4.69) is 5.32 Å². The number of ketones is 2. The number of rotatable bonds is 12. The molecule has 1 saturated carbocycles. The molecule has 3 aromatic carbocycles. The summed E-state index contributed by atoms with van der Waals surface area (Å²) in [6, 6.07) is 16.6. The number of benzene rings is 3. The summed E-state index contributed by atoms with van der Waals surface area (Å²) in [6.07, 6.45) is 0.119. The zero-order valence-corrected chi connectivity index (χ0v) is 26.1. The van der Waals surface area contributed by atoms with Crippen molar-refractivity contribution in [2.45, 2.75) is 44.2 Å². The Bertz CT molecular complexity index is 1700. The molecule has 0 saturated heterocycles. The molecule has 46 heavy (non-hydrogen) atoms. The van der Waals surface area contributed by atoms with Crippen LogP contribution < -0.4 is 15.8 Å². The van der Waals surface area contributed by atoms with Crippen molar-refractivity contribution in [3.8, 4) is 22.6 Å². The molecule has 2 aliphatic carbocycles. The topological polar surface area (TPSA) is 179 Å². The fraction of sp³-hybridized carbons (Fsp3) is 0.343. The van der Waals surface area contributed by atoms with E-state index in [1.807, 2.05) is 42.5 Å². The number of carbonyl (C=O) groups is 3. The van der Waals surface area contributed by atoms with E-state index < -0.39 is 53.7 Å². The van der Waals surface area contributed by atoms with Crippen LogP contribution in [0.5, 0.6) is 11.5 Å². The van der Waals surface area contributed by atoms with Gasteiger partial charge >= 0.3 is 0 Å². The van der Waals surface area contributed by atoms with Crippen molar-refractivity contribution in [2.75, 3.05) is 20.3 Å². The van der Waals surface area contributed by atoms with Crippen LogP contribution >= 0.6 is 11.6 Å². The van der Waals surface area contributed by atoms with Crippen molar-refractivity contribution < 1.29 is 39.5 Å². The number of Topliss-reactive ketones (excluding diaryl/α,β-unsaturated/α-hetero) is 2. The second-order valence-corrected chi connectivity index (χ2v) is 12.3. The summed E-state index contributed by atoms with van der Waals surface area (Å²) in [5.41, 5.74) is 6.46. The molecule has 10 nitrogen and oxygen atoms in total. The van der Waals surface area contributed by atoms with E-state index in [4.69, 9.17) is 22.1 Å². The second kappa shape index (κ2) is 13.6. The molecule has 0 aromatic heterocycles. The molecule has 1 fully saturated rings. The standard InChI is InChI=1S/C35H37ClN2O8/c1-46-28-9-4-20(18-38-12-10-19-2-5-23(36)6-3-19)14-25(28)24-7-8-27(40)32-26(24)16-21-15-22(11-13-39)35(45,29(41)17-30(37)42)34(44)31(21)33(32)43/h2-9,14,21-22,38-40,43,45H,10-13,15-18H2,1H3,(H2,37,42)/t21-,22-,35-/m1/s1. The first kappa shape index (κ1) is 33.2. The van der Waals surface area contributed by atoms with Crippen molar-refractivity contribution >= 4 is 34.8 Å². The van der Waals surface area contributed by atoms with Gasteiger partial charge < -0.3 is 36.2 Å². The Labute approximate surface area is 271 Å². The zero-order chi connectivity index (χ0) is 33.2. The molecule has 0 aliphatic heterocycles. The van der Waals surface area contributed by atoms with E-state index in [1.165, 1.54) is 6.07 Å². The molecule has 0 spiro atoms. The van der Waals surface area contributed by atoms with Crippen molar-refractivity contribution in [3.05, 3.63) is 87.4 Å². The van der Waals surface area contributed by atoms with Crippen molar-refractivity contribution in [2.24, 2.45) is 17.6 Å². The number of methoxy groups -OCH3 is 1. The highest BCUT2D eigenvalue weighted by molar-refractivity contribution is 6.30. The minimum atomic E-state index is -2.65. The first-order chi connectivity index (χ1) is 22.0. The Balaban J connectivity index is 1.50. The third-order valence-electron chi connectivity index (χ3n) is 9.02. The summed E-state index contributed by atoms with van der Waals surface area (Å²) in [5.74, 6) is -5.06. The highest BCUT2D eigenvalue weighted by Crippen LogP contribution is 2.51. The van der Waals surface area contributed by atoms with E-state index in [1.54, 1.807) is 13.2 Å². The van der Waals surface area contributed by atoms with Crippen LogP contribution in [0.2, 0.25) is 5.02 Å². The van der Waals surface area contributed by atoms with E-state index >= 15 is 0 Å². The van der Waals surface area contributed by atoms with Crippen LogP contribution in [0.3, 0.4) is 0 Å². The normalized spacial score (nSPS) is 20.7. The number of hydrogen-bond acceptors (Lipinski definition) is 9. The highest BCUT2D eigenvalue weighted by atomic mass is 35.5. The maximum Gasteiger partial charge on any atom is 0.225 e. The smallest absolute Gasteiger partial charge is 0.225 e. The third-order valence-corrected chi connectivity index (χ3v) is 9.27. The average molecular weight is 649 g/mol. The van der Waals surface area contributed by atoms with E-state index in [-0.39, 0.29) is 36.1 Å². The molecule has 11 heteroatoms. The summed E-state index contributed by atoms with van der Waals surface area (Å²) in [4.78, 5) is 38.4. The molecule has 0 radical (unpaired) electrons. The summed E-state index contributed by atoms with van der Waals surface area (Å²) < 4.78 is 5.70. The van der Waals surface area contributed by atoms with Gasteiger partial charge in [0.25, 0.3) is 0 Å². The minimum absolute atomic E-state index is 0.0240. The maximum absolute atomic E-state index is 13.8. The predicted octanol–water partition coefficient (Wildman–Crippen LogP) is 3.64. The fourth-order valence-electron chi connectivity index (χ4n) is 6.76. The zero-order valence-electron chi connectivity index (χ0n) is 25.4. The quantitative estimate of drug-likeness (QED) is 0.126. The third kappa shape index (κ3) is 6.26. The lowest BCUT2D eigenvalue weighted by Gasteiger charge is -2.43. The highest BCUT2D eigenvalue weighted by Gasteiger charge is 2.57. The number of nitrogens with two attached hydrogens (primary N) is 1. The number of aliphatic hydroxyl groups is 3.